The summed E-state index contributed by atoms with van der Waals surface area (Å²) in [6.07, 6.45) is 3.77. The fraction of sp³-hybridized carbons (Fsp3) is 0.458. The molecule has 2 fully saturated rings. The van der Waals surface area contributed by atoms with Crippen LogP contribution < -0.4 is 9.80 Å². The van der Waals surface area contributed by atoms with Gasteiger partial charge < -0.3 is 9.80 Å². The maximum absolute atomic E-state index is 13.3. The van der Waals surface area contributed by atoms with Crippen molar-refractivity contribution in [1.29, 1.82) is 0 Å². The Morgan fingerprint density at radius 2 is 1.68 bits per heavy atom. The summed E-state index contributed by atoms with van der Waals surface area (Å²) in [4.78, 5) is 17.3. The Balaban J connectivity index is 1.33. The van der Waals surface area contributed by atoms with Crippen LogP contribution in [-0.2, 0) is 21.2 Å². The molecule has 6 nitrogen and oxygen atoms in total. The van der Waals surface area contributed by atoms with E-state index >= 15 is 0 Å². The monoisotopic (exact) mass is 439 g/mol. The van der Waals surface area contributed by atoms with Gasteiger partial charge >= 0.3 is 0 Å². The van der Waals surface area contributed by atoms with Gasteiger partial charge in [0.15, 0.2) is 0 Å². The molecule has 2 aromatic rings. The summed E-state index contributed by atoms with van der Waals surface area (Å²) in [5.41, 5.74) is 2.98. The molecule has 2 aliphatic heterocycles. The van der Waals surface area contributed by atoms with E-state index in [1.165, 1.54) is 0 Å². The fourth-order valence-electron chi connectivity index (χ4n) is 4.93. The zero-order valence-corrected chi connectivity index (χ0v) is 18.7. The largest absolute Gasteiger partial charge is 0.369 e. The van der Waals surface area contributed by atoms with E-state index in [9.17, 15) is 13.2 Å². The molecular formula is C24H29N3O3S. The number of fused-ring (bicyclic) bond motifs is 1. The summed E-state index contributed by atoms with van der Waals surface area (Å²) >= 11 is 0. The van der Waals surface area contributed by atoms with Crippen LogP contribution in [0.25, 0.3) is 0 Å². The van der Waals surface area contributed by atoms with Crippen LogP contribution in [0.1, 0.15) is 31.7 Å². The molecule has 1 saturated heterocycles. The zero-order chi connectivity index (χ0) is 21.6. The molecule has 0 spiro atoms. The average Bonchev–Trinajstić information content (AvgIpc) is 3.08. The third kappa shape index (κ3) is 3.64. The van der Waals surface area contributed by atoms with Crippen molar-refractivity contribution < 1.29 is 13.2 Å². The summed E-state index contributed by atoms with van der Waals surface area (Å²) in [7, 11) is -3.55. The van der Waals surface area contributed by atoms with Crippen LogP contribution >= 0.6 is 0 Å². The number of carbonyl (C=O) groups is 1. The molecule has 1 atom stereocenters. The molecule has 1 aliphatic carbocycles. The van der Waals surface area contributed by atoms with Gasteiger partial charge in [-0.15, -0.1) is 0 Å². The van der Waals surface area contributed by atoms with Crippen LogP contribution in [0.2, 0.25) is 0 Å². The molecule has 5 rings (SSSR count). The maximum Gasteiger partial charge on any atom is 0.243 e. The number of anilines is 2. The number of piperazine rings is 1. The molecule has 164 valence electrons. The van der Waals surface area contributed by atoms with Crippen molar-refractivity contribution in [3.8, 4) is 0 Å². The van der Waals surface area contributed by atoms with Gasteiger partial charge in [-0.2, -0.15) is 4.31 Å². The van der Waals surface area contributed by atoms with Crippen molar-refractivity contribution in [2.45, 2.75) is 43.5 Å². The number of benzene rings is 2. The van der Waals surface area contributed by atoms with Crippen LogP contribution in [0.4, 0.5) is 11.4 Å². The van der Waals surface area contributed by atoms with Gasteiger partial charge in [-0.25, -0.2) is 8.42 Å². The Bertz CT molecular complexity index is 1070. The van der Waals surface area contributed by atoms with E-state index in [4.69, 9.17) is 0 Å². The number of nitrogens with zero attached hydrogens (tertiary/aromatic N) is 3. The van der Waals surface area contributed by atoms with Crippen LogP contribution in [0.15, 0.2) is 53.4 Å². The molecular weight excluding hydrogens is 410 g/mol. The van der Waals surface area contributed by atoms with Gasteiger partial charge in [0.25, 0.3) is 0 Å². The quantitative estimate of drug-likeness (QED) is 0.734. The van der Waals surface area contributed by atoms with Crippen LogP contribution in [0.3, 0.4) is 0 Å². The van der Waals surface area contributed by atoms with Crippen LogP contribution in [0, 0.1) is 5.92 Å². The Morgan fingerprint density at radius 3 is 2.32 bits per heavy atom. The summed E-state index contributed by atoms with van der Waals surface area (Å²) in [5, 5.41) is 0. The molecule has 2 aromatic carbocycles. The number of para-hydroxylation sites is 1. The molecule has 1 unspecified atom stereocenters. The molecule has 7 heteroatoms. The fourth-order valence-corrected chi connectivity index (χ4v) is 6.40. The van der Waals surface area contributed by atoms with Gasteiger partial charge in [0, 0.05) is 49.5 Å². The van der Waals surface area contributed by atoms with Crippen molar-refractivity contribution in [2.75, 3.05) is 36.0 Å². The third-order valence-electron chi connectivity index (χ3n) is 6.96. The van der Waals surface area contributed by atoms with Crippen molar-refractivity contribution in [2.24, 2.45) is 5.92 Å². The molecule has 0 aromatic heterocycles. The van der Waals surface area contributed by atoms with E-state index in [1.54, 1.807) is 16.4 Å². The van der Waals surface area contributed by atoms with Crippen molar-refractivity contribution in [1.82, 2.24) is 4.31 Å². The zero-order valence-electron chi connectivity index (χ0n) is 17.9. The Morgan fingerprint density at radius 1 is 0.968 bits per heavy atom. The second-order valence-electron chi connectivity index (χ2n) is 8.91. The highest BCUT2D eigenvalue weighted by Crippen LogP contribution is 2.38. The highest BCUT2D eigenvalue weighted by atomic mass is 32.2. The number of hydrogen-bond donors (Lipinski definition) is 0. The normalized spacial score (nSPS) is 22.3. The third-order valence-corrected chi connectivity index (χ3v) is 8.85. The van der Waals surface area contributed by atoms with Gasteiger partial charge in [-0.05, 0) is 62.1 Å². The Kier molecular flexibility index (Phi) is 5.26. The van der Waals surface area contributed by atoms with E-state index in [1.807, 2.05) is 36.1 Å². The number of rotatable bonds is 4. The average molecular weight is 440 g/mol. The van der Waals surface area contributed by atoms with Crippen LogP contribution in [-0.4, -0.2) is 50.9 Å². The minimum atomic E-state index is -3.55. The first-order chi connectivity index (χ1) is 14.9. The molecule has 0 bridgehead atoms. The standard InChI is InChI=1S/C24H29N3O3S/c1-18-16-20-17-22(10-11-23(20)27(18)24(28)19-6-5-7-19)31(29,30)26-14-12-25(13-15-26)21-8-3-2-4-9-21/h2-4,8-11,17-19H,5-7,12-16H2,1H3. The molecule has 0 N–H and O–H groups in total. The minimum Gasteiger partial charge on any atom is -0.369 e. The number of sulfonamides is 1. The molecule has 31 heavy (non-hydrogen) atoms. The van der Waals surface area contributed by atoms with Gasteiger partial charge in [-0.1, -0.05) is 24.6 Å². The van der Waals surface area contributed by atoms with Crippen LogP contribution in [0.5, 0.6) is 0 Å². The molecule has 3 aliphatic rings. The highest BCUT2D eigenvalue weighted by Gasteiger charge is 2.38. The first-order valence-corrected chi connectivity index (χ1v) is 12.7. The van der Waals surface area contributed by atoms with Gasteiger partial charge in [-0.3, -0.25) is 4.79 Å². The van der Waals surface area contributed by atoms with E-state index in [-0.39, 0.29) is 17.9 Å². The number of hydrogen-bond acceptors (Lipinski definition) is 4. The van der Waals surface area contributed by atoms with Gasteiger partial charge in [0.2, 0.25) is 15.9 Å². The van der Waals surface area contributed by atoms with E-state index < -0.39 is 10.0 Å². The summed E-state index contributed by atoms with van der Waals surface area (Å²) in [5.74, 6) is 0.336. The summed E-state index contributed by atoms with van der Waals surface area (Å²) in [6.45, 7) is 4.34. The van der Waals surface area contributed by atoms with Gasteiger partial charge in [0.1, 0.15) is 0 Å². The smallest absolute Gasteiger partial charge is 0.243 e. The van der Waals surface area contributed by atoms with E-state index in [0.29, 0.717) is 37.5 Å². The second-order valence-corrected chi connectivity index (χ2v) is 10.8. The first kappa shape index (κ1) is 20.5. The molecule has 0 radical (unpaired) electrons. The number of amides is 1. The lowest BCUT2D eigenvalue weighted by molar-refractivity contribution is -0.125. The SMILES string of the molecule is CC1Cc2cc(S(=O)(=O)N3CCN(c4ccccc4)CC3)ccc2N1C(=O)C1CCC1. The second kappa shape index (κ2) is 7.95. The van der Waals surface area contributed by atoms with Crippen molar-refractivity contribution in [3.05, 3.63) is 54.1 Å². The van der Waals surface area contributed by atoms with E-state index in [0.717, 1.165) is 36.2 Å². The van der Waals surface area contributed by atoms with Crippen molar-refractivity contribution in [3.63, 3.8) is 0 Å². The lowest BCUT2D eigenvalue weighted by atomic mass is 9.84. The highest BCUT2D eigenvalue weighted by molar-refractivity contribution is 7.89. The Labute approximate surface area is 184 Å². The summed E-state index contributed by atoms with van der Waals surface area (Å²) in [6, 6.07) is 15.5. The van der Waals surface area contributed by atoms with Gasteiger partial charge in [0.05, 0.1) is 4.90 Å². The Hall–Kier alpha value is -2.38. The lowest BCUT2D eigenvalue weighted by Gasteiger charge is -2.35. The molecule has 2 heterocycles. The predicted octanol–water partition coefficient (Wildman–Crippen LogP) is 3.28. The molecule has 1 amide bonds. The van der Waals surface area contributed by atoms with Crippen molar-refractivity contribution >= 4 is 27.3 Å². The predicted molar refractivity (Wildman–Crippen MR) is 122 cm³/mol. The van der Waals surface area contributed by atoms with E-state index in [2.05, 4.69) is 17.0 Å². The lowest BCUT2D eigenvalue weighted by Crippen LogP contribution is -2.48. The topological polar surface area (TPSA) is 60.9 Å². The first-order valence-electron chi connectivity index (χ1n) is 11.2. The summed E-state index contributed by atoms with van der Waals surface area (Å²) < 4.78 is 28.2. The minimum absolute atomic E-state index is 0.0791. The molecule has 1 saturated carbocycles. The number of carbonyl (C=O) groups excluding carboxylic acids is 1. The maximum atomic E-state index is 13.3.